The summed E-state index contributed by atoms with van der Waals surface area (Å²) in [6.07, 6.45) is 1.44. The molecule has 32 heavy (non-hydrogen) atoms. The summed E-state index contributed by atoms with van der Waals surface area (Å²) < 4.78 is 0. The molecule has 1 fully saturated rings. The van der Waals surface area contributed by atoms with Crippen molar-refractivity contribution in [2.75, 3.05) is 39.8 Å². The first-order valence-corrected chi connectivity index (χ1v) is 10.7. The van der Waals surface area contributed by atoms with E-state index in [9.17, 15) is 9.59 Å². The lowest BCUT2D eigenvalue weighted by Crippen LogP contribution is -2.43. The van der Waals surface area contributed by atoms with E-state index in [0.717, 1.165) is 19.5 Å². The Labute approximate surface area is 207 Å². The van der Waals surface area contributed by atoms with Crippen molar-refractivity contribution in [3.05, 3.63) is 71.8 Å². The van der Waals surface area contributed by atoms with Gasteiger partial charge in [-0.25, -0.2) is 0 Å². The topological polar surface area (TPSA) is 85.8 Å². The van der Waals surface area contributed by atoms with Crippen LogP contribution in [0, 0.1) is 5.92 Å². The van der Waals surface area contributed by atoms with Gasteiger partial charge in [0.2, 0.25) is 5.91 Å². The number of amides is 2. The summed E-state index contributed by atoms with van der Waals surface area (Å²) in [5.41, 5.74) is 1.90. The lowest BCUT2D eigenvalue weighted by atomic mass is 10.1. The molecule has 0 aliphatic carbocycles. The van der Waals surface area contributed by atoms with Gasteiger partial charge in [-0.15, -0.1) is 24.0 Å². The SMILES string of the molecule is CN=C(NCCNC(=O)c1ccccc1)NCC1CC(=O)N(CCc2ccccc2)C1.I. The highest BCUT2D eigenvalue weighted by Crippen LogP contribution is 2.17. The molecule has 1 saturated heterocycles. The van der Waals surface area contributed by atoms with Gasteiger partial charge in [-0.2, -0.15) is 0 Å². The normalized spacial score (nSPS) is 15.8. The average Bonchev–Trinajstić information content (AvgIpc) is 3.17. The van der Waals surface area contributed by atoms with Crippen LogP contribution < -0.4 is 16.0 Å². The Morgan fingerprint density at radius 1 is 1.00 bits per heavy atom. The van der Waals surface area contributed by atoms with Gasteiger partial charge >= 0.3 is 0 Å². The van der Waals surface area contributed by atoms with E-state index in [1.165, 1.54) is 5.56 Å². The van der Waals surface area contributed by atoms with Gasteiger partial charge in [-0.05, 0) is 24.1 Å². The predicted octanol–water partition coefficient (Wildman–Crippen LogP) is 2.29. The molecule has 172 valence electrons. The summed E-state index contributed by atoms with van der Waals surface area (Å²) in [4.78, 5) is 30.5. The summed E-state index contributed by atoms with van der Waals surface area (Å²) in [7, 11) is 1.71. The molecule has 0 bridgehead atoms. The summed E-state index contributed by atoms with van der Waals surface area (Å²) in [6, 6.07) is 19.4. The van der Waals surface area contributed by atoms with Crippen molar-refractivity contribution < 1.29 is 9.59 Å². The number of nitrogens with zero attached hydrogens (tertiary/aromatic N) is 2. The van der Waals surface area contributed by atoms with E-state index >= 15 is 0 Å². The second-order valence-corrected chi connectivity index (χ2v) is 7.65. The highest BCUT2D eigenvalue weighted by Gasteiger charge is 2.29. The number of halogens is 1. The van der Waals surface area contributed by atoms with E-state index in [2.05, 4.69) is 33.1 Å². The third-order valence-electron chi connectivity index (χ3n) is 5.33. The molecular formula is C24H32IN5O2. The molecule has 1 aliphatic heterocycles. The smallest absolute Gasteiger partial charge is 0.251 e. The predicted molar refractivity (Wildman–Crippen MR) is 138 cm³/mol. The lowest BCUT2D eigenvalue weighted by Gasteiger charge is -2.18. The van der Waals surface area contributed by atoms with Crippen LogP contribution in [-0.4, -0.2) is 62.4 Å². The second kappa shape index (κ2) is 13.7. The number of likely N-dealkylation sites (tertiary alicyclic amines) is 1. The number of guanidine groups is 1. The van der Waals surface area contributed by atoms with Gasteiger partial charge < -0.3 is 20.9 Å². The summed E-state index contributed by atoms with van der Waals surface area (Å²) in [6.45, 7) is 3.26. The molecule has 1 atom stereocenters. The molecule has 2 amide bonds. The third-order valence-corrected chi connectivity index (χ3v) is 5.33. The van der Waals surface area contributed by atoms with Crippen molar-refractivity contribution in [2.45, 2.75) is 12.8 Å². The van der Waals surface area contributed by atoms with Crippen LogP contribution in [0.4, 0.5) is 0 Å². The van der Waals surface area contributed by atoms with Gasteiger partial charge in [-0.1, -0.05) is 48.5 Å². The van der Waals surface area contributed by atoms with Crippen LogP contribution in [-0.2, 0) is 11.2 Å². The van der Waals surface area contributed by atoms with Gasteiger partial charge in [0.05, 0.1) is 0 Å². The van der Waals surface area contributed by atoms with E-state index < -0.39 is 0 Å². The fraction of sp³-hybridized carbons (Fsp3) is 0.375. The second-order valence-electron chi connectivity index (χ2n) is 7.65. The first kappa shape index (κ1) is 25.6. The molecule has 2 aromatic rings. The van der Waals surface area contributed by atoms with E-state index in [-0.39, 0.29) is 41.7 Å². The zero-order valence-electron chi connectivity index (χ0n) is 18.4. The monoisotopic (exact) mass is 549 g/mol. The molecule has 7 nitrogen and oxygen atoms in total. The van der Waals surface area contributed by atoms with E-state index in [0.29, 0.717) is 37.6 Å². The Morgan fingerprint density at radius 3 is 2.34 bits per heavy atom. The molecule has 3 rings (SSSR count). The van der Waals surface area contributed by atoms with Gasteiger partial charge in [0.15, 0.2) is 5.96 Å². The van der Waals surface area contributed by atoms with Crippen LogP contribution in [0.2, 0.25) is 0 Å². The summed E-state index contributed by atoms with van der Waals surface area (Å²) in [5.74, 6) is 1.06. The van der Waals surface area contributed by atoms with Crippen LogP contribution in [0.25, 0.3) is 0 Å². The minimum Gasteiger partial charge on any atom is -0.356 e. The molecule has 0 radical (unpaired) electrons. The van der Waals surface area contributed by atoms with Crippen LogP contribution >= 0.6 is 24.0 Å². The largest absolute Gasteiger partial charge is 0.356 e. The minimum absolute atomic E-state index is 0. The molecular weight excluding hydrogens is 517 g/mol. The van der Waals surface area contributed by atoms with Crippen molar-refractivity contribution in [2.24, 2.45) is 10.9 Å². The first-order chi connectivity index (χ1) is 15.2. The van der Waals surface area contributed by atoms with Crippen LogP contribution in [0.1, 0.15) is 22.3 Å². The Kier molecular flexibility index (Phi) is 11.0. The first-order valence-electron chi connectivity index (χ1n) is 10.7. The Bertz CT molecular complexity index is 876. The number of nitrogens with one attached hydrogen (secondary N) is 3. The number of hydrogen-bond donors (Lipinski definition) is 3. The Balaban J connectivity index is 0.00000363. The number of aliphatic imine (C=N–C) groups is 1. The van der Waals surface area contributed by atoms with Crippen molar-refractivity contribution in [1.29, 1.82) is 0 Å². The maximum Gasteiger partial charge on any atom is 0.251 e. The highest BCUT2D eigenvalue weighted by molar-refractivity contribution is 14.0. The third kappa shape index (κ3) is 8.14. The number of hydrogen-bond acceptors (Lipinski definition) is 3. The Morgan fingerprint density at radius 2 is 1.66 bits per heavy atom. The molecule has 0 saturated carbocycles. The minimum atomic E-state index is -0.0922. The van der Waals surface area contributed by atoms with E-state index in [4.69, 9.17) is 0 Å². The van der Waals surface area contributed by atoms with Crippen molar-refractivity contribution >= 4 is 41.8 Å². The van der Waals surface area contributed by atoms with Gasteiger partial charge in [0, 0.05) is 57.7 Å². The van der Waals surface area contributed by atoms with Crippen molar-refractivity contribution in [3.63, 3.8) is 0 Å². The molecule has 8 heteroatoms. The molecule has 1 aliphatic rings. The molecule has 3 N–H and O–H groups in total. The fourth-order valence-corrected chi connectivity index (χ4v) is 3.63. The van der Waals surface area contributed by atoms with Crippen molar-refractivity contribution in [1.82, 2.24) is 20.9 Å². The van der Waals surface area contributed by atoms with Gasteiger partial charge in [0.25, 0.3) is 5.91 Å². The fourth-order valence-electron chi connectivity index (χ4n) is 3.63. The standard InChI is InChI=1S/C24H31N5O2.HI/c1-25-24(27-14-13-26-23(31)21-10-6-3-7-11-21)28-17-20-16-22(30)29(18-20)15-12-19-8-4-2-5-9-19;/h2-11,20H,12-18H2,1H3,(H,26,31)(H2,25,27,28);1H. The van der Waals surface area contributed by atoms with E-state index in [1.807, 2.05) is 41.3 Å². The van der Waals surface area contributed by atoms with Crippen molar-refractivity contribution in [3.8, 4) is 0 Å². The summed E-state index contributed by atoms with van der Waals surface area (Å²) >= 11 is 0. The maximum absolute atomic E-state index is 12.3. The van der Waals surface area contributed by atoms with E-state index in [1.54, 1.807) is 19.2 Å². The quantitative estimate of drug-likeness (QED) is 0.194. The number of rotatable bonds is 9. The molecule has 1 heterocycles. The molecule has 2 aromatic carbocycles. The molecule has 0 aromatic heterocycles. The lowest BCUT2D eigenvalue weighted by molar-refractivity contribution is -0.127. The summed E-state index contributed by atoms with van der Waals surface area (Å²) in [5, 5.41) is 9.37. The highest BCUT2D eigenvalue weighted by atomic mass is 127. The number of carbonyl (C=O) groups excluding carboxylic acids is 2. The zero-order chi connectivity index (χ0) is 21.9. The van der Waals surface area contributed by atoms with Gasteiger partial charge in [0.1, 0.15) is 0 Å². The molecule has 1 unspecified atom stereocenters. The van der Waals surface area contributed by atoms with Gasteiger partial charge in [-0.3, -0.25) is 14.6 Å². The van der Waals surface area contributed by atoms with Crippen LogP contribution in [0.5, 0.6) is 0 Å². The zero-order valence-corrected chi connectivity index (χ0v) is 20.8. The van der Waals surface area contributed by atoms with Crippen LogP contribution in [0.15, 0.2) is 65.7 Å². The number of carbonyl (C=O) groups is 2. The number of benzene rings is 2. The molecule has 0 spiro atoms. The Hall–Kier alpha value is -2.62. The average molecular weight is 549 g/mol. The van der Waals surface area contributed by atoms with Crippen LogP contribution in [0.3, 0.4) is 0 Å². The maximum atomic E-state index is 12.3.